The summed E-state index contributed by atoms with van der Waals surface area (Å²) >= 11 is 0. The van der Waals surface area contributed by atoms with Gasteiger partial charge in [-0.05, 0) is 81.4 Å². The molecular formula is C23H28F4N2O4S. The van der Waals surface area contributed by atoms with Crippen LogP contribution >= 0.6 is 0 Å². The highest BCUT2D eigenvalue weighted by Gasteiger charge is 2.61. The van der Waals surface area contributed by atoms with Gasteiger partial charge < -0.3 is 10.1 Å². The number of amides is 1. The van der Waals surface area contributed by atoms with Crippen LogP contribution in [-0.4, -0.2) is 50.2 Å². The molecule has 34 heavy (non-hydrogen) atoms. The molecule has 1 amide bonds. The molecule has 6 rings (SSSR count). The van der Waals surface area contributed by atoms with Gasteiger partial charge in [0.05, 0.1) is 16.0 Å². The molecule has 4 aliphatic carbocycles. The van der Waals surface area contributed by atoms with E-state index < -0.39 is 39.8 Å². The Kier molecular flexibility index (Phi) is 5.66. The van der Waals surface area contributed by atoms with Gasteiger partial charge in [-0.3, -0.25) is 4.79 Å². The van der Waals surface area contributed by atoms with Gasteiger partial charge in [0.2, 0.25) is 15.9 Å². The van der Waals surface area contributed by atoms with Crippen LogP contribution in [0, 0.1) is 17.3 Å². The van der Waals surface area contributed by atoms with Crippen molar-refractivity contribution in [2.24, 2.45) is 17.3 Å². The Labute approximate surface area is 196 Å². The van der Waals surface area contributed by atoms with E-state index in [4.69, 9.17) is 4.74 Å². The Morgan fingerprint density at radius 1 is 1.12 bits per heavy atom. The van der Waals surface area contributed by atoms with Gasteiger partial charge in [-0.15, -0.1) is 0 Å². The lowest BCUT2D eigenvalue weighted by molar-refractivity contribution is -0.155. The fraction of sp³-hybridized carbons (Fsp3) is 0.696. The Balaban J connectivity index is 1.45. The number of hydrogen-bond acceptors (Lipinski definition) is 4. The van der Waals surface area contributed by atoms with E-state index in [0.29, 0.717) is 38.8 Å². The molecule has 1 aromatic carbocycles. The molecule has 188 valence electrons. The number of carbonyl (C=O) groups excluding carboxylic acids is 1. The van der Waals surface area contributed by atoms with Crippen LogP contribution in [0.1, 0.15) is 51.4 Å². The van der Waals surface area contributed by atoms with Crippen molar-refractivity contribution in [3.8, 4) is 5.75 Å². The van der Waals surface area contributed by atoms with Gasteiger partial charge in [0.1, 0.15) is 11.4 Å². The maximum absolute atomic E-state index is 15.3. The van der Waals surface area contributed by atoms with Crippen molar-refractivity contribution in [1.82, 2.24) is 4.31 Å². The summed E-state index contributed by atoms with van der Waals surface area (Å²) in [5.74, 6) is -0.526. The van der Waals surface area contributed by atoms with Gasteiger partial charge in [0.15, 0.2) is 6.61 Å². The van der Waals surface area contributed by atoms with E-state index in [1.165, 1.54) is 10.4 Å². The number of hydrogen-bond donors (Lipinski definition) is 1. The largest absolute Gasteiger partial charge is 0.482 e. The molecule has 1 aliphatic heterocycles. The fourth-order valence-electron chi connectivity index (χ4n) is 6.80. The zero-order chi connectivity index (χ0) is 24.4. The van der Waals surface area contributed by atoms with E-state index in [0.717, 1.165) is 31.4 Å². The van der Waals surface area contributed by atoms with E-state index in [-0.39, 0.29) is 34.6 Å². The Hall–Kier alpha value is -1.88. The van der Waals surface area contributed by atoms with Gasteiger partial charge in [0, 0.05) is 13.1 Å². The highest BCUT2D eigenvalue weighted by atomic mass is 32.2. The number of nitrogens with zero attached hydrogens (tertiary/aromatic N) is 1. The zero-order valence-corrected chi connectivity index (χ0v) is 19.5. The number of ether oxygens (including phenoxy) is 1. The van der Waals surface area contributed by atoms with Gasteiger partial charge in [-0.25, -0.2) is 12.8 Å². The molecule has 1 N–H and O–H groups in total. The first-order valence-electron chi connectivity index (χ1n) is 11.7. The predicted molar refractivity (Wildman–Crippen MR) is 116 cm³/mol. The Morgan fingerprint density at radius 2 is 1.76 bits per heavy atom. The molecule has 0 aromatic heterocycles. The first-order chi connectivity index (χ1) is 15.9. The molecule has 4 bridgehead atoms. The summed E-state index contributed by atoms with van der Waals surface area (Å²) < 4.78 is 86.0. The summed E-state index contributed by atoms with van der Waals surface area (Å²) in [7, 11) is -3.87. The average Bonchev–Trinajstić information content (AvgIpc) is 3.26. The molecule has 1 aromatic rings. The van der Waals surface area contributed by atoms with E-state index in [2.05, 4.69) is 5.32 Å². The van der Waals surface area contributed by atoms with Crippen LogP contribution in [0.15, 0.2) is 23.1 Å². The first kappa shape index (κ1) is 23.8. The first-order valence-corrected chi connectivity index (χ1v) is 13.2. The highest BCUT2D eigenvalue weighted by molar-refractivity contribution is 7.89. The number of halogens is 4. The smallest absolute Gasteiger partial charge is 0.422 e. The summed E-state index contributed by atoms with van der Waals surface area (Å²) in [5.41, 5.74) is -2.47. The third kappa shape index (κ3) is 4.41. The second kappa shape index (κ2) is 8.08. The number of nitrogens with one attached hydrogen (secondary N) is 1. The minimum atomic E-state index is -4.61. The van der Waals surface area contributed by atoms with Crippen LogP contribution in [0.4, 0.5) is 23.2 Å². The number of anilines is 1. The SMILES string of the molecule is O=C(Nc1cc(S(=O)(=O)N2CCCC2)ccc1OCC(F)(F)F)C12CC3CC(CC(F)(C3)C1)C2. The van der Waals surface area contributed by atoms with Crippen molar-refractivity contribution in [3.05, 3.63) is 18.2 Å². The second-order valence-electron chi connectivity index (χ2n) is 10.5. The normalized spacial score (nSPS) is 33.3. The lowest BCUT2D eigenvalue weighted by Gasteiger charge is -2.58. The predicted octanol–water partition coefficient (Wildman–Crippen LogP) is 4.66. The number of rotatable bonds is 6. The maximum atomic E-state index is 15.3. The monoisotopic (exact) mass is 504 g/mol. The second-order valence-corrected chi connectivity index (χ2v) is 12.5. The topological polar surface area (TPSA) is 75.7 Å². The van der Waals surface area contributed by atoms with Crippen molar-refractivity contribution in [1.29, 1.82) is 0 Å². The molecule has 1 saturated heterocycles. The molecule has 5 aliphatic rings. The molecule has 0 radical (unpaired) electrons. The average molecular weight is 505 g/mol. The van der Waals surface area contributed by atoms with Crippen molar-refractivity contribution >= 4 is 21.6 Å². The minimum absolute atomic E-state index is 0.0866. The summed E-state index contributed by atoms with van der Waals surface area (Å²) in [4.78, 5) is 13.3. The van der Waals surface area contributed by atoms with E-state index in [9.17, 15) is 26.4 Å². The van der Waals surface area contributed by atoms with E-state index in [1.54, 1.807) is 0 Å². The third-order valence-corrected chi connectivity index (χ3v) is 9.66. The van der Waals surface area contributed by atoms with Crippen LogP contribution in [0.3, 0.4) is 0 Å². The molecular weight excluding hydrogens is 476 g/mol. The van der Waals surface area contributed by atoms with Crippen LogP contribution in [0.25, 0.3) is 0 Å². The molecule has 2 atom stereocenters. The zero-order valence-electron chi connectivity index (χ0n) is 18.7. The number of sulfonamides is 1. The van der Waals surface area contributed by atoms with E-state index in [1.807, 2.05) is 0 Å². The molecule has 5 fully saturated rings. The van der Waals surface area contributed by atoms with Crippen LogP contribution in [-0.2, 0) is 14.8 Å². The number of benzene rings is 1. The molecule has 6 nitrogen and oxygen atoms in total. The quantitative estimate of drug-likeness (QED) is 0.572. The van der Waals surface area contributed by atoms with Gasteiger partial charge in [0.25, 0.3) is 0 Å². The molecule has 11 heteroatoms. The van der Waals surface area contributed by atoms with Gasteiger partial charge in [-0.2, -0.15) is 17.5 Å². The lowest BCUT2D eigenvalue weighted by Crippen LogP contribution is -2.57. The Bertz CT molecular complexity index is 1070. The molecule has 2 unspecified atom stereocenters. The van der Waals surface area contributed by atoms with E-state index >= 15 is 4.39 Å². The van der Waals surface area contributed by atoms with Crippen LogP contribution < -0.4 is 10.1 Å². The highest BCUT2D eigenvalue weighted by Crippen LogP contribution is 2.63. The Morgan fingerprint density at radius 3 is 2.35 bits per heavy atom. The molecule has 0 spiro atoms. The number of alkyl halides is 4. The molecule has 1 heterocycles. The lowest BCUT2D eigenvalue weighted by atomic mass is 9.48. The van der Waals surface area contributed by atoms with Crippen molar-refractivity contribution in [2.75, 3.05) is 25.0 Å². The third-order valence-electron chi connectivity index (χ3n) is 7.76. The van der Waals surface area contributed by atoms with Crippen molar-refractivity contribution < 1.29 is 35.5 Å². The number of carbonyl (C=O) groups is 1. The minimum Gasteiger partial charge on any atom is -0.482 e. The van der Waals surface area contributed by atoms with Crippen molar-refractivity contribution in [2.45, 2.75) is 68.1 Å². The maximum Gasteiger partial charge on any atom is 0.422 e. The summed E-state index contributed by atoms with van der Waals surface area (Å²) in [6.07, 6.45) is -0.215. The van der Waals surface area contributed by atoms with Crippen molar-refractivity contribution in [3.63, 3.8) is 0 Å². The van der Waals surface area contributed by atoms with Crippen LogP contribution in [0.2, 0.25) is 0 Å². The summed E-state index contributed by atoms with van der Waals surface area (Å²) in [5, 5.41) is 2.64. The fourth-order valence-corrected chi connectivity index (χ4v) is 8.35. The van der Waals surface area contributed by atoms with Gasteiger partial charge in [-0.1, -0.05) is 0 Å². The van der Waals surface area contributed by atoms with Crippen LogP contribution in [0.5, 0.6) is 5.75 Å². The van der Waals surface area contributed by atoms with Gasteiger partial charge >= 0.3 is 6.18 Å². The molecule has 4 saturated carbocycles. The summed E-state index contributed by atoms with van der Waals surface area (Å²) in [6.45, 7) is -0.862. The summed E-state index contributed by atoms with van der Waals surface area (Å²) in [6, 6.07) is 3.49. The standard InChI is InChI=1S/C23H28F4N2O4S/c24-22-11-15-7-16(12-22)10-21(9-15,13-22)20(30)28-18-8-17(34(31,32)29-5-1-2-6-29)3-4-19(18)33-14-23(25,26)27/h3-4,8,15-16H,1-2,5-7,9-14H2,(H,28,30).